The van der Waals surface area contributed by atoms with Crippen molar-refractivity contribution in [2.45, 2.75) is 82.9 Å². The molecule has 2 atom stereocenters. The number of amides is 3. The van der Waals surface area contributed by atoms with Gasteiger partial charge in [0.15, 0.2) is 5.72 Å². The molecule has 13 heteroatoms. The van der Waals surface area contributed by atoms with Gasteiger partial charge in [0.2, 0.25) is 0 Å². The molecule has 2 rings (SSSR count). The summed E-state index contributed by atoms with van der Waals surface area (Å²) in [5.41, 5.74) is -1.99. The number of hydrogen-bond donors (Lipinski definition) is 6. The van der Waals surface area contributed by atoms with E-state index in [4.69, 9.17) is 4.74 Å². The van der Waals surface area contributed by atoms with E-state index in [1.807, 2.05) is 0 Å². The van der Waals surface area contributed by atoms with Crippen LogP contribution in [0.3, 0.4) is 0 Å². The lowest BCUT2D eigenvalue weighted by Crippen LogP contribution is -2.61. The van der Waals surface area contributed by atoms with Gasteiger partial charge >= 0.3 is 18.3 Å². The summed E-state index contributed by atoms with van der Waals surface area (Å²) in [7, 11) is 0. The van der Waals surface area contributed by atoms with Crippen molar-refractivity contribution < 1.29 is 44.7 Å². The highest BCUT2D eigenvalue weighted by Crippen LogP contribution is 2.19. The Balaban J connectivity index is 1.73. The normalized spacial score (nSPS) is 20.4. The summed E-state index contributed by atoms with van der Waals surface area (Å²) in [4.78, 5) is 38.2. The summed E-state index contributed by atoms with van der Waals surface area (Å²) < 4.78 is 5.66. The smallest absolute Gasteiger partial charge is 0.409 e. The second-order valence-corrected chi connectivity index (χ2v) is 11.0. The summed E-state index contributed by atoms with van der Waals surface area (Å²) >= 11 is 0. The number of nitrogens with zero attached hydrogens (tertiary/aromatic N) is 3. The maximum Gasteiger partial charge on any atom is 0.409 e. The van der Waals surface area contributed by atoms with Gasteiger partial charge in [0.25, 0.3) is 0 Å². The van der Waals surface area contributed by atoms with Crippen LogP contribution >= 0.6 is 0 Å². The van der Waals surface area contributed by atoms with Gasteiger partial charge in [0.1, 0.15) is 11.5 Å². The van der Waals surface area contributed by atoms with Crippen molar-refractivity contribution in [2.24, 2.45) is 0 Å². The predicted octanol–water partition coefficient (Wildman–Crippen LogP) is 4.29. The number of benzene rings is 1. The molecule has 1 saturated heterocycles. The quantitative estimate of drug-likeness (QED) is 0.180. The van der Waals surface area contributed by atoms with Crippen LogP contribution in [-0.2, 0) is 0 Å². The number of rotatable bonds is 13. The topological polar surface area (TPSA) is 183 Å². The van der Waals surface area contributed by atoms with Gasteiger partial charge in [-0.1, -0.05) is 51.4 Å². The fourth-order valence-corrected chi connectivity index (χ4v) is 5.06. The van der Waals surface area contributed by atoms with Gasteiger partial charge in [-0.3, -0.25) is 4.90 Å². The van der Waals surface area contributed by atoms with Crippen LogP contribution in [0.25, 0.3) is 0 Å². The van der Waals surface area contributed by atoms with E-state index in [1.165, 1.54) is 6.92 Å². The lowest BCUT2D eigenvalue weighted by molar-refractivity contribution is -0.0960. The van der Waals surface area contributed by atoms with Crippen LogP contribution in [0.4, 0.5) is 14.4 Å². The van der Waals surface area contributed by atoms with Gasteiger partial charge in [-0.05, 0) is 44.0 Å². The van der Waals surface area contributed by atoms with Crippen LogP contribution in [0, 0.1) is 0 Å². The molecule has 0 aromatic heterocycles. The van der Waals surface area contributed by atoms with E-state index in [0.717, 1.165) is 78.2 Å². The molecular formula is C29H48N4O9. The van der Waals surface area contributed by atoms with Gasteiger partial charge in [0.05, 0.1) is 13.2 Å². The Morgan fingerprint density at radius 2 is 1.38 bits per heavy atom. The van der Waals surface area contributed by atoms with Crippen LogP contribution in [0.15, 0.2) is 24.3 Å². The molecule has 0 saturated carbocycles. The molecule has 6 N–H and O–H groups in total. The van der Waals surface area contributed by atoms with Gasteiger partial charge in [-0.2, -0.15) is 0 Å². The van der Waals surface area contributed by atoms with Crippen LogP contribution in [0.1, 0.15) is 71.1 Å². The standard InChI is InChI=1S/C29H48N4O9/c1-29(41)22-32(27(37)38)19-18-31(26(35)36)17-16-30-23(21-33(29)28(39)40)11-9-7-5-3-2-4-6-8-10-20-42-25-14-12-24(34)13-15-25/h12-15,23,30,34,41H,2-11,16-22H2,1H3,(H,35,36)(H,37,38)(H,39,40). The van der Waals surface area contributed by atoms with Crippen molar-refractivity contribution in [3.05, 3.63) is 24.3 Å². The fourth-order valence-electron chi connectivity index (χ4n) is 5.06. The van der Waals surface area contributed by atoms with E-state index < -0.39 is 30.5 Å². The minimum Gasteiger partial charge on any atom is -0.508 e. The number of hydrogen-bond acceptors (Lipinski definition) is 7. The van der Waals surface area contributed by atoms with E-state index in [0.29, 0.717) is 13.0 Å². The number of ether oxygens (including phenoxy) is 1. The van der Waals surface area contributed by atoms with E-state index in [-0.39, 0.29) is 44.5 Å². The van der Waals surface area contributed by atoms with E-state index in [1.54, 1.807) is 24.3 Å². The summed E-state index contributed by atoms with van der Waals surface area (Å²) in [5.74, 6) is 0.978. The largest absolute Gasteiger partial charge is 0.508 e. The summed E-state index contributed by atoms with van der Waals surface area (Å²) in [6, 6.07) is 6.38. The maximum atomic E-state index is 12.1. The van der Waals surface area contributed by atoms with Crippen molar-refractivity contribution in [2.75, 3.05) is 45.9 Å². The summed E-state index contributed by atoms with van der Waals surface area (Å²) in [6.45, 7) is 1.48. The second kappa shape index (κ2) is 18.2. The van der Waals surface area contributed by atoms with Gasteiger partial charge < -0.3 is 45.4 Å². The Morgan fingerprint density at radius 1 is 0.833 bits per heavy atom. The number of phenols is 1. The minimum absolute atomic E-state index is 0.0562. The second-order valence-electron chi connectivity index (χ2n) is 11.0. The fraction of sp³-hybridized carbons (Fsp3) is 0.690. The minimum atomic E-state index is -1.99. The summed E-state index contributed by atoms with van der Waals surface area (Å²) in [5, 5.41) is 52.4. The Kier molecular flexibility index (Phi) is 15.0. The Morgan fingerprint density at radius 3 is 1.95 bits per heavy atom. The number of carbonyl (C=O) groups is 3. The van der Waals surface area contributed by atoms with Gasteiger partial charge in [0, 0.05) is 38.8 Å². The maximum absolute atomic E-state index is 12.1. The first-order valence-corrected chi connectivity index (χ1v) is 14.8. The molecule has 238 valence electrons. The van der Waals surface area contributed by atoms with Gasteiger partial charge in [-0.15, -0.1) is 0 Å². The Labute approximate surface area is 247 Å². The third kappa shape index (κ3) is 13.0. The average Bonchev–Trinajstić information content (AvgIpc) is 2.92. The molecule has 1 aromatic carbocycles. The molecular weight excluding hydrogens is 548 g/mol. The molecule has 0 spiro atoms. The zero-order chi connectivity index (χ0) is 31.0. The first-order chi connectivity index (χ1) is 20.0. The van der Waals surface area contributed by atoms with E-state index in [9.17, 15) is 39.9 Å². The van der Waals surface area contributed by atoms with Crippen molar-refractivity contribution in [3.8, 4) is 11.5 Å². The first kappa shape index (κ1) is 34.7. The molecule has 42 heavy (non-hydrogen) atoms. The molecule has 13 nitrogen and oxygen atoms in total. The number of aromatic hydroxyl groups is 1. The molecule has 1 aromatic rings. The first-order valence-electron chi connectivity index (χ1n) is 14.8. The molecule has 1 heterocycles. The van der Waals surface area contributed by atoms with Crippen LogP contribution < -0.4 is 10.1 Å². The molecule has 3 amide bonds. The monoisotopic (exact) mass is 596 g/mol. The number of phenolic OH excluding ortho intramolecular Hbond substituents is 1. The highest BCUT2D eigenvalue weighted by Gasteiger charge is 2.38. The Bertz CT molecular complexity index is 961. The molecule has 2 unspecified atom stereocenters. The third-order valence-corrected chi connectivity index (χ3v) is 7.50. The van der Waals surface area contributed by atoms with E-state index >= 15 is 0 Å². The molecule has 0 bridgehead atoms. The zero-order valence-corrected chi connectivity index (χ0v) is 24.6. The highest BCUT2D eigenvalue weighted by molar-refractivity contribution is 5.68. The number of β-amino-alcohol motifs (C(OH)–C–C–N with tert-alkyl or cyclic N) is 1. The molecule has 1 aliphatic heterocycles. The third-order valence-electron chi connectivity index (χ3n) is 7.50. The molecule has 1 fully saturated rings. The predicted molar refractivity (Wildman–Crippen MR) is 156 cm³/mol. The number of aliphatic hydroxyl groups is 1. The Hall–Kier alpha value is -3.45. The number of unbranched alkanes of at least 4 members (excludes halogenated alkanes) is 8. The van der Waals surface area contributed by atoms with Crippen LogP contribution in [-0.4, -0.2) is 116 Å². The van der Waals surface area contributed by atoms with E-state index in [2.05, 4.69) is 5.32 Å². The number of carboxylic acid groups (broad SMARTS) is 3. The molecule has 1 aliphatic rings. The average molecular weight is 597 g/mol. The van der Waals surface area contributed by atoms with Crippen LogP contribution in [0.5, 0.6) is 11.5 Å². The van der Waals surface area contributed by atoms with Gasteiger partial charge in [-0.25, -0.2) is 14.4 Å². The molecule has 0 aliphatic carbocycles. The van der Waals surface area contributed by atoms with Crippen molar-refractivity contribution >= 4 is 18.3 Å². The van der Waals surface area contributed by atoms with Crippen molar-refractivity contribution in [3.63, 3.8) is 0 Å². The van der Waals surface area contributed by atoms with Crippen LogP contribution in [0.2, 0.25) is 0 Å². The SMILES string of the molecule is CC1(O)CN(C(=O)O)CCN(C(=O)O)CCNC(CCCCCCCCCCCOc2ccc(O)cc2)CN1C(=O)O. The number of nitrogens with one attached hydrogen (secondary N) is 1. The highest BCUT2D eigenvalue weighted by atomic mass is 16.5. The van der Waals surface area contributed by atoms with Crippen molar-refractivity contribution in [1.29, 1.82) is 0 Å². The lowest BCUT2D eigenvalue weighted by atomic mass is 10.0. The summed E-state index contributed by atoms with van der Waals surface area (Å²) in [6.07, 6.45) is 6.23. The lowest BCUT2D eigenvalue weighted by Gasteiger charge is -2.40. The van der Waals surface area contributed by atoms with Crippen molar-refractivity contribution in [1.82, 2.24) is 20.0 Å². The zero-order valence-electron chi connectivity index (χ0n) is 24.6. The molecule has 0 radical (unpaired) electrons.